The van der Waals surface area contributed by atoms with E-state index in [0.717, 1.165) is 16.8 Å². The number of aromatic nitrogens is 2. The van der Waals surface area contributed by atoms with Crippen molar-refractivity contribution in [3.05, 3.63) is 65.2 Å². The van der Waals surface area contributed by atoms with E-state index in [-0.39, 0.29) is 17.6 Å². The van der Waals surface area contributed by atoms with Gasteiger partial charge >= 0.3 is 0 Å². The summed E-state index contributed by atoms with van der Waals surface area (Å²) < 4.78 is 0.620. The molecule has 8 heteroatoms. The summed E-state index contributed by atoms with van der Waals surface area (Å²) in [5, 5.41) is 14.0. The van der Waals surface area contributed by atoms with Gasteiger partial charge in [0.05, 0.1) is 5.75 Å². The quantitative estimate of drug-likeness (QED) is 0.482. The van der Waals surface area contributed by atoms with Crippen LogP contribution in [-0.4, -0.2) is 27.8 Å². The van der Waals surface area contributed by atoms with Crippen LogP contribution < -0.4 is 10.6 Å². The molecule has 0 atom stereocenters. The molecule has 0 aliphatic rings. The Morgan fingerprint density at radius 1 is 1.04 bits per heavy atom. The summed E-state index contributed by atoms with van der Waals surface area (Å²) in [5.74, 6) is -0.137. The summed E-state index contributed by atoms with van der Waals surface area (Å²) in [6.45, 7) is 3.97. The molecule has 3 aromatic rings. The number of carbonyl (C=O) groups is 2. The highest BCUT2D eigenvalue weighted by atomic mass is 32.2. The molecule has 6 nitrogen and oxygen atoms in total. The molecular formula is C19H18N4O2S2. The van der Waals surface area contributed by atoms with Gasteiger partial charge in [0, 0.05) is 11.3 Å². The van der Waals surface area contributed by atoms with Crippen LogP contribution in [0.15, 0.2) is 52.9 Å². The number of thioether (sulfide) groups is 1. The summed E-state index contributed by atoms with van der Waals surface area (Å²) >= 11 is 2.52. The van der Waals surface area contributed by atoms with Gasteiger partial charge in [0.2, 0.25) is 11.0 Å². The van der Waals surface area contributed by atoms with Crippen LogP contribution >= 0.6 is 23.1 Å². The van der Waals surface area contributed by atoms with Gasteiger partial charge < -0.3 is 5.32 Å². The number of nitrogens with zero attached hydrogens (tertiary/aromatic N) is 2. The Kier molecular flexibility index (Phi) is 6.20. The molecule has 0 saturated heterocycles. The molecule has 0 unspecified atom stereocenters. The summed E-state index contributed by atoms with van der Waals surface area (Å²) in [6, 6.07) is 14.8. The first-order valence-electron chi connectivity index (χ1n) is 8.21. The van der Waals surface area contributed by atoms with Crippen LogP contribution in [0.2, 0.25) is 0 Å². The fraction of sp³-hybridized carbons (Fsp3) is 0.158. The molecule has 0 fully saturated rings. The minimum Gasteiger partial charge on any atom is -0.325 e. The molecule has 138 valence electrons. The van der Waals surface area contributed by atoms with Crippen LogP contribution in [0.3, 0.4) is 0 Å². The number of rotatable bonds is 6. The second-order valence-corrected chi connectivity index (χ2v) is 8.05. The van der Waals surface area contributed by atoms with Crippen molar-refractivity contribution < 1.29 is 9.59 Å². The van der Waals surface area contributed by atoms with Gasteiger partial charge in [-0.3, -0.25) is 14.9 Å². The third-order valence-electron chi connectivity index (χ3n) is 3.65. The average Bonchev–Trinajstić information content (AvgIpc) is 3.10. The number of nitrogens with one attached hydrogen (secondary N) is 2. The van der Waals surface area contributed by atoms with E-state index < -0.39 is 0 Å². The Hall–Kier alpha value is -2.71. The van der Waals surface area contributed by atoms with Gasteiger partial charge in [0.1, 0.15) is 0 Å². The van der Waals surface area contributed by atoms with E-state index in [0.29, 0.717) is 15.0 Å². The molecule has 2 N–H and O–H groups in total. The van der Waals surface area contributed by atoms with Gasteiger partial charge in [0.15, 0.2) is 4.34 Å². The maximum Gasteiger partial charge on any atom is 0.257 e. The molecule has 0 spiro atoms. The largest absolute Gasteiger partial charge is 0.325 e. The molecule has 0 bridgehead atoms. The molecule has 2 aromatic carbocycles. The summed E-state index contributed by atoms with van der Waals surface area (Å²) in [7, 11) is 0. The number of aryl methyl sites for hydroxylation is 2. The number of anilines is 2. The van der Waals surface area contributed by atoms with Crippen molar-refractivity contribution in [3.8, 4) is 0 Å². The molecule has 0 saturated carbocycles. The Labute approximate surface area is 165 Å². The lowest BCUT2D eigenvalue weighted by Gasteiger charge is -2.08. The van der Waals surface area contributed by atoms with Gasteiger partial charge in [0.25, 0.3) is 5.91 Å². The number of hydrogen-bond donors (Lipinski definition) is 2. The van der Waals surface area contributed by atoms with Gasteiger partial charge in [-0.1, -0.05) is 59.0 Å². The molecule has 0 aliphatic carbocycles. The first-order valence-corrected chi connectivity index (χ1v) is 10.0. The minimum atomic E-state index is -0.240. The van der Waals surface area contributed by atoms with Crippen LogP contribution in [-0.2, 0) is 4.79 Å². The monoisotopic (exact) mass is 398 g/mol. The molecule has 3 rings (SSSR count). The van der Waals surface area contributed by atoms with E-state index in [9.17, 15) is 9.59 Å². The fourth-order valence-electron chi connectivity index (χ4n) is 2.34. The van der Waals surface area contributed by atoms with Crippen LogP contribution in [0.1, 0.15) is 21.5 Å². The molecule has 1 aromatic heterocycles. The SMILES string of the molecule is Cc1ccc(NC(=O)CSc2nnc(NC(=O)c3ccccc3)s2)c(C)c1. The highest BCUT2D eigenvalue weighted by Crippen LogP contribution is 2.26. The predicted octanol–water partition coefficient (Wildman–Crippen LogP) is 4.14. The zero-order chi connectivity index (χ0) is 19.2. The van der Waals surface area contributed by atoms with E-state index in [1.54, 1.807) is 24.3 Å². The van der Waals surface area contributed by atoms with Gasteiger partial charge in [-0.15, -0.1) is 10.2 Å². The first kappa shape index (κ1) is 19.1. The molecule has 1 heterocycles. The number of benzene rings is 2. The Balaban J connectivity index is 1.52. The van der Waals surface area contributed by atoms with Crippen molar-refractivity contribution in [2.75, 3.05) is 16.4 Å². The van der Waals surface area contributed by atoms with Gasteiger partial charge in [-0.05, 0) is 37.6 Å². The second kappa shape index (κ2) is 8.79. The van der Waals surface area contributed by atoms with E-state index in [1.165, 1.54) is 23.1 Å². The maximum atomic E-state index is 12.1. The maximum absolute atomic E-state index is 12.1. The molecule has 2 amide bonds. The van der Waals surface area contributed by atoms with Crippen LogP contribution in [0.5, 0.6) is 0 Å². The zero-order valence-corrected chi connectivity index (χ0v) is 16.5. The zero-order valence-electron chi connectivity index (χ0n) is 14.9. The third-order valence-corrected chi connectivity index (χ3v) is 5.62. The van der Waals surface area contributed by atoms with E-state index in [4.69, 9.17) is 0 Å². The summed E-state index contributed by atoms with van der Waals surface area (Å²) in [5.41, 5.74) is 3.53. The van der Waals surface area contributed by atoms with Crippen LogP contribution in [0.25, 0.3) is 0 Å². The van der Waals surface area contributed by atoms with E-state index in [2.05, 4.69) is 20.8 Å². The second-order valence-electron chi connectivity index (χ2n) is 5.85. The average molecular weight is 399 g/mol. The van der Waals surface area contributed by atoms with Crippen molar-refractivity contribution in [3.63, 3.8) is 0 Å². The topological polar surface area (TPSA) is 84.0 Å². The highest BCUT2D eigenvalue weighted by Gasteiger charge is 2.12. The fourth-order valence-corrected chi connectivity index (χ4v) is 3.89. The number of amides is 2. The van der Waals surface area contributed by atoms with Crippen molar-refractivity contribution in [1.29, 1.82) is 0 Å². The predicted molar refractivity (Wildman–Crippen MR) is 110 cm³/mol. The third kappa shape index (κ3) is 5.38. The molecule has 0 radical (unpaired) electrons. The Bertz CT molecular complexity index is 957. The molecule has 0 aliphatic heterocycles. The highest BCUT2D eigenvalue weighted by molar-refractivity contribution is 8.01. The molecule has 27 heavy (non-hydrogen) atoms. The molecular weight excluding hydrogens is 380 g/mol. The van der Waals surface area contributed by atoms with Crippen molar-refractivity contribution in [2.45, 2.75) is 18.2 Å². The standard InChI is InChI=1S/C19H18N4O2S2/c1-12-8-9-15(13(2)10-12)20-16(24)11-26-19-23-22-18(27-19)21-17(25)14-6-4-3-5-7-14/h3-10H,11H2,1-2H3,(H,20,24)(H,21,22,25). The first-order chi connectivity index (χ1) is 13.0. The Morgan fingerprint density at radius 3 is 2.56 bits per heavy atom. The van der Waals surface area contributed by atoms with Crippen LogP contribution in [0, 0.1) is 13.8 Å². The number of hydrogen-bond acceptors (Lipinski definition) is 6. The lowest BCUT2D eigenvalue weighted by Crippen LogP contribution is -2.14. The normalized spacial score (nSPS) is 10.4. The van der Waals surface area contributed by atoms with Crippen molar-refractivity contribution in [1.82, 2.24) is 10.2 Å². The van der Waals surface area contributed by atoms with Gasteiger partial charge in [-0.2, -0.15) is 0 Å². The lowest BCUT2D eigenvalue weighted by molar-refractivity contribution is -0.113. The minimum absolute atomic E-state index is 0.114. The number of carbonyl (C=O) groups excluding carboxylic acids is 2. The van der Waals surface area contributed by atoms with E-state index in [1.807, 2.05) is 38.1 Å². The van der Waals surface area contributed by atoms with E-state index >= 15 is 0 Å². The smallest absolute Gasteiger partial charge is 0.257 e. The van der Waals surface area contributed by atoms with Gasteiger partial charge in [-0.25, -0.2) is 0 Å². The van der Waals surface area contributed by atoms with Crippen molar-refractivity contribution in [2.24, 2.45) is 0 Å². The lowest BCUT2D eigenvalue weighted by atomic mass is 10.1. The Morgan fingerprint density at radius 2 is 1.81 bits per heavy atom. The summed E-state index contributed by atoms with van der Waals surface area (Å²) in [4.78, 5) is 24.3. The van der Waals surface area contributed by atoms with Crippen molar-refractivity contribution >= 4 is 45.7 Å². The summed E-state index contributed by atoms with van der Waals surface area (Å²) in [6.07, 6.45) is 0. The van der Waals surface area contributed by atoms with Crippen LogP contribution in [0.4, 0.5) is 10.8 Å².